The molecule has 36 heavy (non-hydrogen) atoms. The number of hydrogen-bond acceptors (Lipinski definition) is 6. The lowest BCUT2D eigenvalue weighted by Crippen LogP contribution is -2.06. The first kappa shape index (κ1) is 21.6. The van der Waals surface area contributed by atoms with E-state index < -0.39 is 0 Å². The number of fused-ring (bicyclic) bond motifs is 1. The van der Waals surface area contributed by atoms with E-state index in [4.69, 9.17) is 0 Å². The molecule has 5 heterocycles. The predicted octanol–water partition coefficient (Wildman–Crippen LogP) is 4.26. The summed E-state index contributed by atoms with van der Waals surface area (Å²) in [5, 5.41) is 8.17. The summed E-state index contributed by atoms with van der Waals surface area (Å²) in [6.07, 6.45) is 9.35. The van der Waals surface area contributed by atoms with Crippen molar-refractivity contribution in [2.24, 2.45) is 0 Å². The number of Topliss-reactive ketones (excluding diaryl/α,β-unsaturated/α-hetero) is 1. The summed E-state index contributed by atoms with van der Waals surface area (Å²) in [6, 6.07) is 15.7. The quantitative estimate of drug-likeness (QED) is 0.357. The van der Waals surface area contributed by atoms with Crippen molar-refractivity contribution in [1.29, 1.82) is 0 Å². The van der Waals surface area contributed by atoms with Crippen molar-refractivity contribution in [2.75, 3.05) is 0 Å². The Balaban J connectivity index is 1.16. The van der Waals surface area contributed by atoms with Crippen LogP contribution in [-0.2, 0) is 17.6 Å². The van der Waals surface area contributed by atoms with Crippen LogP contribution in [0.1, 0.15) is 17.0 Å². The van der Waals surface area contributed by atoms with Crippen molar-refractivity contribution < 1.29 is 4.79 Å². The number of benzene rings is 1. The van der Waals surface area contributed by atoms with Gasteiger partial charge in [-0.25, -0.2) is 15.0 Å². The number of H-pyrrole nitrogens is 2. The summed E-state index contributed by atoms with van der Waals surface area (Å²) in [7, 11) is 0. The largest absolute Gasteiger partial charge is 0.339 e. The van der Waals surface area contributed by atoms with Crippen molar-refractivity contribution in [2.45, 2.75) is 19.8 Å². The molecule has 0 atom stereocenters. The fraction of sp³-hybridized carbons (Fsp3) is 0.111. The van der Waals surface area contributed by atoms with Crippen LogP contribution in [0.15, 0.2) is 79.8 Å². The van der Waals surface area contributed by atoms with Crippen LogP contribution in [0.2, 0.25) is 0 Å². The van der Waals surface area contributed by atoms with Gasteiger partial charge in [-0.2, -0.15) is 5.10 Å². The Morgan fingerprint density at radius 1 is 1.00 bits per heavy atom. The summed E-state index contributed by atoms with van der Waals surface area (Å²) in [6.45, 7) is 1.94. The van der Waals surface area contributed by atoms with Crippen molar-refractivity contribution in [3.05, 3.63) is 96.7 Å². The number of carbonyl (C=O) groups excluding carboxylic acids is 1. The van der Waals surface area contributed by atoms with Gasteiger partial charge in [0.15, 0.2) is 5.82 Å². The third-order valence-corrected chi connectivity index (χ3v) is 6.00. The maximum absolute atomic E-state index is 12.7. The van der Waals surface area contributed by atoms with E-state index in [9.17, 15) is 4.79 Å². The number of hydrogen-bond donors (Lipinski definition) is 2. The molecule has 1 aromatic carbocycles. The Hall–Kier alpha value is -4.92. The molecule has 0 bridgehead atoms. The first-order chi connectivity index (χ1) is 17.6. The summed E-state index contributed by atoms with van der Waals surface area (Å²) >= 11 is 0. The molecule has 176 valence electrons. The Labute approximate surface area is 206 Å². The second kappa shape index (κ2) is 9.03. The van der Waals surface area contributed by atoms with Gasteiger partial charge in [-0.3, -0.25) is 19.4 Å². The number of rotatable bonds is 7. The number of carbonyl (C=O) groups is 1. The highest BCUT2D eigenvalue weighted by Gasteiger charge is 2.13. The minimum atomic E-state index is 0.116. The molecule has 0 spiro atoms. The number of aryl methyl sites for hydroxylation is 1. The standard InChI is InChI=1S/C27H22N8O/c1-17-14-35(16-31-17)27-23-12-24(32-26(23)29-15-30-27)19-6-4-18(5-7-19)9-22(36)10-21-11-25(34-33-21)20-3-2-8-28-13-20/h2-8,11-16H,9-10H2,1H3,(H,33,34)(H,29,30,32). The van der Waals surface area contributed by atoms with Crippen molar-refractivity contribution >= 4 is 16.8 Å². The topological polar surface area (TPSA) is 118 Å². The monoisotopic (exact) mass is 474 g/mol. The predicted molar refractivity (Wildman–Crippen MR) is 135 cm³/mol. The number of ketones is 1. The van der Waals surface area contributed by atoms with Crippen LogP contribution in [-0.4, -0.2) is 45.5 Å². The normalized spacial score (nSPS) is 11.2. The van der Waals surface area contributed by atoms with Crippen LogP contribution in [0.25, 0.3) is 39.4 Å². The minimum Gasteiger partial charge on any atom is -0.339 e. The molecule has 0 amide bonds. The van der Waals surface area contributed by atoms with Crippen LogP contribution in [0.3, 0.4) is 0 Å². The smallest absolute Gasteiger partial charge is 0.150 e. The first-order valence-electron chi connectivity index (χ1n) is 11.5. The van der Waals surface area contributed by atoms with Crippen LogP contribution >= 0.6 is 0 Å². The van der Waals surface area contributed by atoms with Gasteiger partial charge < -0.3 is 4.98 Å². The maximum atomic E-state index is 12.7. The molecule has 0 fully saturated rings. The summed E-state index contributed by atoms with van der Waals surface area (Å²) in [5.41, 5.74) is 7.06. The highest BCUT2D eigenvalue weighted by Crippen LogP contribution is 2.26. The van der Waals surface area contributed by atoms with Crippen LogP contribution in [0, 0.1) is 6.92 Å². The number of aromatic amines is 2. The molecule has 0 aliphatic carbocycles. The van der Waals surface area contributed by atoms with Gasteiger partial charge in [-0.1, -0.05) is 24.3 Å². The van der Waals surface area contributed by atoms with Crippen LogP contribution in [0.5, 0.6) is 0 Å². The van der Waals surface area contributed by atoms with Crippen molar-refractivity contribution in [3.8, 4) is 28.3 Å². The Kier molecular flexibility index (Phi) is 5.42. The van der Waals surface area contributed by atoms with E-state index in [0.29, 0.717) is 12.8 Å². The molecule has 0 radical (unpaired) electrons. The van der Waals surface area contributed by atoms with Crippen molar-refractivity contribution in [1.82, 2.24) is 39.7 Å². The average Bonchev–Trinajstić information content (AvgIpc) is 3.64. The third-order valence-electron chi connectivity index (χ3n) is 6.00. The molecule has 9 heteroatoms. The zero-order chi connectivity index (χ0) is 24.5. The molecule has 0 unspecified atom stereocenters. The first-order valence-corrected chi connectivity index (χ1v) is 11.5. The molecule has 6 aromatic rings. The lowest BCUT2D eigenvalue weighted by Gasteiger charge is -2.03. The van der Waals surface area contributed by atoms with Gasteiger partial charge in [0, 0.05) is 48.4 Å². The molecule has 2 N–H and O–H groups in total. The molecule has 0 aliphatic rings. The zero-order valence-corrected chi connectivity index (χ0v) is 19.5. The van der Waals surface area contributed by atoms with Gasteiger partial charge in [0.2, 0.25) is 0 Å². The van der Waals surface area contributed by atoms with E-state index in [-0.39, 0.29) is 5.78 Å². The number of imidazole rings is 1. The Morgan fingerprint density at radius 2 is 1.89 bits per heavy atom. The van der Waals surface area contributed by atoms with Crippen LogP contribution < -0.4 is 0 Å². The van der Waals surface area contributed by atoms with Crippen molar-refractivity contribution in [3.63, 3.8) is 0 Å². The fourth-order valence-corrected chi connectivity index (χ4v) is 4.24. The van der Waals surface area contributed by atoms with Gasteiger partial charge in [-0.15, -0.1) is 0 Å². The fourth-order valence-electron chi connectivity index (χ4n) is 4.24. The van der Waals surface area contributed by atoms with Gasteiger partial charge in [0.25, 0.3) is 0 Å². The molecule has 0 aliphatic heterocycles. The Bertz CT molecular complexity index is 1660. The van der Waals surface area contributed by atoms with E-state index in [0.717, 1.165) is 56.3 Å². The highest BCUT2D eigenvalue weighted by atomic mass is 16.1. The molecule has 6 rings (SSSR count). The highest BCUT2D eigenvalue weighted by molar-refractivity contribution is 5.88. The van der Waals surface area contributed by atoms with E-state index in [1.54, 1.807) is 25.0 Å². The molecule has 9 nitrogen and oxygen atoms in total. The third kappa shape index (κ3) is 4.29. The Morgan fingerprint density at radius 3 is 2.67 bits per heavy atom. The summed E-state index contributed by atoms with van der Waals surface area (Å²) in [5.74, 6) is 0.890. The average molecular weight is 475 g/mol. The number of nitrogens with one attached hydrogen (secondary N) is 2. The van der Waals surface area contributed by atoms with Crippen LogP contribution in [0.4, 0.5) is 0 Å². The van der Waals surface area contributed by atoms with Gasteiger partial charge in [0.1, 0.15) is 24.1 Å². The van der Waals surface area contributed by atoms with E-state index in [2.05, 4.69) is 35.1 Å². The molecule has 0 saturated carbocycles. The molecule has 0 saturated heterocycles. The summed E-state index contributed by atoms with van der Waals surface area (Å²) < 4.78 is 1.89. The van der Waals surface area contributed by atoms with Gasteiger partial charge >= 0.3 is 0 Å². The second-order valence-electron chi connectivity index (χ2n) is 8.67. The molecule has 5 aromatic heterocycles. The number of nitrogens with zero attached hydrogens (tertiary/aromatic N) is 6. The number of aromatic nitrogens is 8. The summed E-state index contributed by atoms with van der Waals surface area (Å²) in [4.78, 5) is 33.3. The minimum absolute atomic E-state index is 0.116. The second-order valence-corrected chi connectivity index (χ2v) is 8.67. The SMILES string of the molecule is Cc1cn(-c2ncnc3[nH]c(-c4ccc(CC(=O)Cc5cc(-c6cccnc6)n[nH]5)cc4)cc23)cn1. The lowest BCUT2D eigenvalue weighted by molar-refractivity contribution is -0.117. The molecular weight excluding hydrogens is 452 g/mol. The van der Waals surface area contributed by atoms with Gasteiger partial charge in [0.05, 0.1) is 16.8 Å². The van der Waals surface area contributed by atoms with Gasteiger partial charge in [-0.05, 0) is 42.3 Å². The van der Waals surface area contributed by atoms with E-state index in [1.807, 2.05) is 66.2 Å². The van der Waals surface area contributed by atoms with E-state index >= 15 is 0 Å². The zero-order valence-electron chi connectivity index (χ0n) is 19.5. The number of pyridine rings is 1. The molecular formula is C27H22N8O. The lowest BCUT2D eigenvalue weighted by atomic mass is 10.0. The van der Waals surface area contributed by atoms with E-state index in [1.165, 1.54) is 0 Å². The maximum Gasteiger partial charge on any atom is 0.150 e.